The Morgan fingerprint density at radius 3 is 2.85 bits per heavy atom. The molecule has 0 fully saturated rings. The molecular formula is C15H11BrClNOS. The van der Waals surface area contributed by atoms with E-state index in [9.17, 15) is 4.79 Å². The lowest BCUT2D eigenvalue weighted by Crippen LogP contribution is -2.35. The van der Waals surface area contributed by atoms with E-state index in [4.69, 9.17) is 11.6 Å². The van der Waals surface area contributed by atoms with Crippen LogP contribution in [0, 0.1) is 0 Å². The van der Waals surface area contributed by atoms with Gasteiger partial charge >= 0.3 is 0 Å². The first-order chi connectivity index (χ1) is 9.68. The Morgan fingerprint density at radius 2 is 2.00 bits per heavy atom. The Kier molecular flexibility index (Phi) is 4.06. The number of benzene rings is 2. The number of rotatable bonds is 1. The van der Waals surface area contributed by atoms with E-state index >= 15 is 0 Å². The maximum absolute atomic E-state index is 12.7. The van der Waals surface area contributed by atoms with Crippen molar-refractivity contribution in [3.05, 3.63) is 57.5 Å². The number of anilines is 1. The van der Waals surface area contributed by atoms with Gasteiger partial charge in [0.05, 0.1) is 16.3 Å². The fourth-order valence-corrected chi connectivity index (χ4v) is 3.76. The third kappa shape index (κ3) is 2.48. The van der Waals surface area contributed by atoms with E-state index in [1.807, 2.05) is 36.4 Å². The van der Waals surface area contributed by atoms with Gasteiger partial charge < -0.3 is 4.90 Å². The number of hydrogen-bond donors (Lipinski definition) is 0. The molecule has 0 bridgehead atoms. The minimum atomic E-state index is -0.0518. The molecule has 102 valence electrons. The van der Waals surface area contributed by atoms with Crippen LogP contribution in [0.15, 0.2) is 51.8 Å². The number of carbonyl (C=O) groups is 1. The predicted molar refractivity (Wildman–Crippen MR) is 88.0 cm³/mol. The maximum atomic E-state index is 12.7. The highest BCUT2D eigenvalue weighted by atomic mass is 79.9. The van der Waals surface area contributed by atoms with Crippen LogP contribution in [-0.4, -0.2) is 18.2 Å². The fourth-order valence-electron chi connectivity index (χ4n) is 2.19. The van der Waals surface area contributed by atoms with Crippen molar-refractivity contribution in [2.45, 2.75) is 4.90 Å². The van der Waals surface area contributed by atoms with E-state index in [0.29, 0.717) is 17.1 Å². The van der Waals surface area contributed by atoms with Crippen LogP contribution >= 0.6 is 39.3 Å². The van der Waals surface area contributed by atoms with Crippen molar-refractivity contribution in [2.75, 3.05) is 17.2 Å². The summed E-state index contributed by atoms with van der Waals surface area (Å²) in [6.07, 6.45) is 0. The molecule has 3 rings (SSSR count). The highest BCUT2D eigenvalue weighted by molar-refractivity contribution is 9.10. The summed E-state index contributed by atoms with van der Waals surface area (Å²) in [5, 5.41) is 0.466. The third-order valence-corrected chi connectivity index (χ3v) is 5.49. The van der Waals surface area contributed by atoms with Crippen molar-refractivity contribution in [1.29, 1.82) is 0 Å². The number of para-hydroxylation sites is 1. The summed E-state index contributed by atoms with van der Waals surface area (Å²) in [6, 6.07) is 13.4. The zero-order chi connectivity index (χ0) is 14.1. The van der Waals surface area contributed by atoms with E-state index in [1.165, 1.54) is 0 Å². The Morgan fingerprint density at radius 1 is 1.20 bits per heavy atom. The SMILES string of the molecule is O=C(c1cccc(Br)c1Cl)N1CCSc2ccccc21. The Balaban J connectivity index is 2.02. The molecule has 1 aliphatic rings. The molecule has 0 unspecified atom stereocenters. The van der Waals surface area contributed by atoms with Crippen LogP contribution in [-0.2, 0) is 0 Å². The molecule has 0 aliphatic carbocycles. The summed E-state index contributed by atoms with van der Waals surface area (Å²) in [7, 11) is 0. The monoisotopic (exact) mass is 367 g/mol. The van der Waals surface area contributed by atoms with Crippen molar-refractivity contribution < 1.29 is 4.79 Å². The number of hydrogen-bond acceptors (Lipinski definition) is 2. The van der Waals surface area contributed by atoms with Gasteiger partial charge in [-0.1, -0.05) is 29.8 Å². The van der Waals surface area contributed by atoms with Gasteiger partial charge in [0.25, 0.3) is 5.91 Å². The predicted octanol–water partition coefficient (Wildman–Crippen LogP) is 4.86. The van der Waals surface area contributed by atoms with Crippen molar-refractivity contribution in [2.24, 2.45) is 0 Å². The summed E-state index contributed by atoms with van der Waals surface area (Å²) < 4.78 is 0.740. The lowest BCUT2D eigenvalue weighted by molar-refractivity contribution is 0.0988. The molecule has 2 aromatic carbocycles. The molecule has 0 saturated carbocycles. The van der Waals surface area contributed by atoms with Gasteiger partial charge in [-0.25, -0.2) is 0 Å². The van der Waals surface area contributed by atoms with Crippen LogP contribution in [0.1, 0.15) is 10.4 Å². The van der Waals surface area contributed by atoms with E-state index in [2.05, 4.69) is 15.9 Å². The molecule has 5 heteroatoms. The zero-order valence-electron chi connectivity index (χ0n) is 10.5. The summed E-state index contributed by atoms with van der Waals surface area (Å²) in [4.78, 5) is 15.7. The minimum Gasteiger partial charge on any atom is -0.306 e. The Hall–Kier alpha value is -0.970. The largest absolute Gasteiger partial charge is 0.306 e. The number of halogens is 2. The van der Waals surface area contributed by atoms with Crippen LogP contribution in [0.2, 0.25) is 5.02 Å². The van der Waals surface area contributed by atoms with Crippen LogP contribution in [0.25, 0.3) is 0 Å². The van der Waals surface area contributed by atoms with E-state index in [0.717, 1.165) is 20.8 Å². The second-order valence-corrected chi connectivity index (χ2v) is 6.74. The molecule has 0 N–H and O–H groups in total. The summed E-state index contributed by atoms with van der Waals surface area (Å²) in [5.41, 5.74) is 1.49. The van der Waals surface area contributed by atoms with Gasteiger partial charge in [-0.05, 0) is 40.2 Å². The number of fused-ring (bicyclic) bond motifs is 1. The number of thioether (sulfide) groups is 1. The average Bonchev–Trinajstić information content (AvgIpc) is 2.49. The minimum absolute atomic E-state index is 0.0518. The molecule has 1 aliphatic heterocycles. The zero-order valence-corrected chi connectivity index (χ0v) is 13.6. The lowest BCUT2D eigenvalue weighted by Gasteiger charge is -2.29. The first kappa shape index (κ1) is 14.0. The molecule has 2 aromatic rings. The normalized spacial score (nSPS) is 14.0. The van der Waals surface area contributed by atoms with Crippen molar-refractivity contribution in [3.8, 4) is 0 Å². The first-order valence-electron chi connectivity index (χ1n) is 6.16. The average molecular weight is 369 g/mol. The van der Waals surface area contributed by atoms with Crippen molar-refractivity contribution in [1.82, 2.24) is 0 Å². The smallest absolute Gasteiger partial charge is 0.259 e. The van der Waals surface area contributed by atoms with Gasteiger partial charge in [0.15, 0.2) is 0 Å². The summed E-state index contributed by atoms with van der Waals surface area (Å²) in [6.45, 7) is 0.698. The van der Waals surface area contributed by atoms with Gasteiger partial charge in [0, 0.05) is 21.7 Å². The van der Waals surface area contributed by atoms with Crippen LogP contribution in [0.3, 0.4) is 0 Å². The molecule has 1 heterocycles. The van der Waals surface area contributed by atoms with Gasteiger partial charge in [-0.15, -0.1) is 11.8 Å². The highest BCUT2D eigenvalue weighted by Crippen LogP contribution is 2.36. The molecule has 20 heavy (non-hydrogen) atoms. The first-order valence-corrected chi connectivity index (χ1v) is 8.32. The molecule has 0 atom stereocenters. The number of amides is 1. The number of nitrogens with zero attached hydrogens (tertiary/aromatic N) is 1. The highest BCUT2D eigenvalue weighted by Gasteiger charge is 2.25. The molecule has 2 nitrogen and oxygen atoms in total. The second-order valence-electron chi connectivity index (χ2n) is 4.37. The molecule has 0 saturated heterocycles. The van der Waals surface area contributed by atoms with Gasteiger partial charge in [0.2, 0.25) is 0 Å². The molecule has 0 aromatic heterocycles. The molecular weight excluding hydrogens is 358 g/mol. The van der Waals surface area contributed by atoms with E-state index in [-0.39, 0.29) is 5.91 Å². The Bertz CT molecular complexity index is 677. The Labute approximate surface area is 135 Å². The summed E-state index contributed by atoms with van der Waals surface area (Å²) in [5.74, 6) is 0.845. The van der Waals surface area contributed by atoms with Crippen LogP contribution < -0.4 is 4.90 Å². The number of carbonyl (C=O) groups excluding carboxylic acids is 1. The molecule has 0 spiro atoms. The summed E-state index contributed by atoms with van der Waals surface area (Å²) >= 11 is 11.4. The van der Waals surface area contributed by atoms with Crippen LogP contribution in [0.5, 0.6) is 0 Å². The van der Waals surface area contributed by atoms with E-state index in [1.54, 1.807) is 22.7 Å². The van der Waals surface area contributed by atoms with Gasteiger partial charge in [-0.3, -0.25) is 4.79 Å². The molecule has 0 radical (unpaired) electrons. The standard InChI is InChI=1S/C15H11BrClNOS/c16-11-5-3-4-10(14(11)17)15(19)18-8-9-20-13-7-2-1-6-12(13)18/h1-7H,8-9H2. The topological polar surface area (TPSA) is 20.3 Å². The fraction of sp³-hybridized carbons (Fsp3) is 0.133. The van der Waals surface area contributed by atoms with Crippen LogP contribution in [0.4, 0.5) is 5.69 Å². The van der Waals surface area contributed by atoms with E-state index < -0.39 is 0 Å². The van der Waals surface area contributed by atoms with Gasteiger partial charge in [0.1, 0.15) is 0 Å². The lowest BCUT2D eigenvalue weighted by atomic mass is 10.1. The van der Waals surface area contributed by atoms with Gasteiger partial charge in [-0.2, -0.15) is 0 Å². The van der Waals surface area contributed by atoms with Crippen molar-refractivity contribution in [3.63, 3.8) is 0 Å². The molecule has 1 amide bonds. The van der Waals surface area contributed by atoms with Crippen molar-refractivity contribution >= 4 is 50.9 Å². The quantitative estimate of drug-likeness (QED) is 0.717. The third-order valence-electron chi connectivity index (χ3n) is 3.16. The second kappa shape index (κ2) is 5.80. The maximum Gasteiger partial charge on any atom is 0.259 e.